The van der Waals surface area contributed by atoms with Gasteiger partial charge < -0.3 is 25.8 Å². The van der Waals surface area contributed by atoms with Crippen LogP contribution in [0.15, 0.2) is 59.2 Å². The third kappa shape index (κ3) is 6.06. The molecule has 0 spiro atoms. The Balaban J connectivity index is 1.42. The number of anilines is 2. The minimum absolute atomic E-state index is 0.0477. The van der Waals surface area contributed by atoms with Gasteiger partial charge in [0.1, 0.15) is 11.4 Å². The lowest BCUT2D eigenvalue weighted by Crippen LogP contribution is -2.59. The fourth-order valence-corrected chi connectivity index (χ4v) is 3.86. The summed E-state index contributed by atoms with van der Waals surface area (Å²) in [6.45, 7) is -0.145. The number of ether oxygens (including phenoxy) is 1. The molecular weight excluding hydrogens is 498 g/mol. The number of aliphatic hydroxyl groups excluding tert-OH is 1. The Labute approximate surface area is 208 Å². The number of hydrogen-bond acceptors (Lipinski definition) is 7. The van der Waals surface area contributed by atoms with Gasteiger partial charge in [-0.3, -0.25) is 15.0 Å². The van der Waals surface area contributed by atoms with Gasteiger partial charge in [-0.15, -0.1) is 0 Å². The van der Waals surface area contributed by atoms with Crippen LogP contribution in [0, 0.1) is 5.82 Å². The van der Waals surface area contributed by atoms with Crippen molar-refractivity contribution in [2.75, 3.05) is 18.5 Å². The monoisotopic (exact) mass is 521 g/mol. The molecule has 2 heterocycles. The van der Waals surface area contributed by atoms with Crippen LogP contribution in [0.2, 0.25) is 0 Å². The van der Waals surface area contributed by atoms with Crippen molar-refractivity contribution in [1.29, 1.82) is 0 Å². The predicted molar refractivity (Wildman–Crippen MR) is 125 cm³/mol. The van der Waals surface area contributed by atoms with Crippen molar-refractivity contribution >= 4 is 29.4 Å². The highest BCUT2D eigenvalue weighted by molar-refractivity contribution is 6.13. The molecule has 4 rings (SSSR count). The average Bonchev–Trinajstić information content (AvgIpc) is 3.33. The molecule has 0 aromatic heterocycles. The number of para-hydroxylation sites is 1. The lowest BCUT2D eigenvalue weighted by atomic mass is 9.96. The molecule has 0 aliphatic carbocycles. The van der Waals surface area contributed by atoms with E-state index in [4.69, 9.17) is 4.74 Å². The summed E-state index contributed by atoms with van der Waals surface area (Å²) >= 11 is 0. The summed E-state index contributed by atoms with van der Waals surface area (Å²) in [5, 5.41) is 21.0. The van der Waals surface area contributed by atoms with E-state index in [1.165, 1.54) is 42.6 Å². The van der Waals surface area contributed by atoms with Gasteiger partial charge in [0.05, 0.1) is 29.6 Å². The number of amides is 2. The van der Waals surface area contributed by atoms with Crippen molar-refractivity contribution in [2.45, 2.75) is 30.9 Å². The molecule has 5 N–H and O–H groups in total. The SMILES string of the molecule is O=C(N[C@@]1(C(=O)NCc2ccc(Nc3ccccc3C(F)(F)F)cc2F)CCOC1)C1=CC(O)NN=C1. The molecule has 1 unspecified atom stereocenters. The molecule has 2 atom stereocenters. The number of rotatable bonds is 7. The standard InChI is InChI=1S/C24H23F4N5O4/c25-18-10-16(31-19-4-2-1-3-17(19)24(26,27)28)6-5-14(18)11-29-22(36)23(7-8-37-13-23)32-21(35)15-9-20(34)33-30-12-15/h1-6,9-10,12,20,31,33-34H,7-8,11,13H2,(H,29,36)(H,32,35)/t20?,23-/m0/s1. The Kier molecular flexibility index (Phi) is 7.45. The van der Waals surface area contributed by atoms with Gasteiger partial charge in [0.2, 0.25) is 5.91 Å². The van der Waals surface area contributed by atoms with Gasteiger partial charge in [-0.25, -0.2) is 4.39 Å². The molecule has 1 saturated heterocycles. The zero-order valence-corrected chi connectivity index (χ0v) is 19.2. The van der Waals surface area contributed by atoms with Gasteiger partial charge in [0.25, 0.3) is 5.91 Å². The number of hydrazone groups is 1. The van der Waals surface area contributed by atoms with Crippen molar-refractivity contribution in [3.8, 4) is 0 Å². The third-order valence-corrected chi connectivity index (χ3v) is 5.82. The van der Waals surface area contributed by atoms with Gasteiger partial charge >= 0.3 is 6.18 Å². The molecule has 2 aromatic rings. The summed E-state index contributed by atoms with van der Waals surface area (Å²) in [5.74, 6) is -2.00. The van der Waals surface area contributed by atoms with Gasteiger partial charge in [0, 0.05) is 30.8 Å². The van der Waals surface area contributed by atoms with E-state index in [0.717, 1.165) is 12.1 Å². The number of hydrogen-bond donors (Lipinski definition) is 5. The second kappa shape index (κ2) is 10.6. The van der Waals surface area contributed by atoms with E-state index in [-0.39, 0.29) is 48.7 Å². The smallest absolute Gasteiger partial charge is 0.378 e. The number of carbonyl (C=O) groups excluding carboxylic acids is 2. The molecule has 1 fully saturated rings. The molecule has 2 aromatic carbocycles. The fourth-order valence-electron chi connectivity index (χ4n) is 3.86. The van der Waals surface area contributed by atoms with E-state index in [1.807, 2.05) is 0 Å². The molecule has 0 radical (unpaired) electrons. The van der Waals surface area contributed by atoms with E-state index in [9.17, 15) is 32.3 Å². The quantitative estimate of drug-likeness (QED) is 0.357. The van der Waals surface area contributed by atoms with Crippen LogP contribution in [0.3, 0.4) is 0 Å². The number of benzene rings is 2. The molecule has 2 aliphatic heterocycles. The van der Waals surface area contributed by atoms with E-state index in [2.05, 4.69) is 26.5 Å². The first-order valence-corrected chi connectivity index (χ1v) is 11.2. The minimum atomic E-state index is -4.58. The van der Waals surface area contributed by atoms with Gasteiger partial charge in [-0.1, -0.05) is 18.2 Å². The molecule has 2 aliphatic rings. The summed E-state index contributed by atoms with van der Waals surface area (Å²) in [6, 6.07) is 8.59. The lowest BCUT2D eigenvalue weighted by molar-refractivity contribution is -0.137. The second-order valence-corrected chi connectivity index (χ2v) is 8.45. The number of halogens is 4. The zero-order chi connectivity index (χ0) is 26.6. The number of nitrogens with one attached hydrogen (secondary N) is 4. The molecule has 2 amide bonds. The predicted octanol–water partition coefficient (Wildman–Crippen LogP) is 2.31. The first-order valence-electron chi connectivity index (χ1n) is 11.2. The summed E-state index contributed by atoms with van der Waals surface area (Å²) in [4.78, 5) is 25.6. The van der Waals surface area contributed by atoms with E-state index < -0.39 is 41.1 Å². The van der Waals surface area contributed by atoms with Crippen molar-refractivity contribution in [2.24, 2.45) is 5.10 Å². The summed E-state index contributed by atoms with van der Waals surface area (Å²) in [6.07, 6.45) is -3.15. The van der Waals surface area contributed by atoms with Crippen LogP contribution in [0.4, 0.5) is 28.9 Å². The Morgan fingerprint density at radius 2 is 2.00 bits per heavy atom. The summed E-state index contributed by atoms with van der Waals surface area (Å²) in [5.41, 5.74) is 0.0306. The number of carbonyl (C=O) groups is 2. The molecule has 37 heavy (non-hydrogen) atoms. The zero-order valence-electron chi connectivity index (χ0n) is 19.2. The van der Waals surface area contributed by atoms with Crippen LogP contribution in [-0.2, 0) is 27.0 Å². The molecular formula is C24H23F4N5O4. The molecule has 9 nitrogen and oxygen atoms in total. The second-order valence-electron chi connectivity index (χ2n) is 8.45. The minimum Gasteiger partial charge on any atom is -0.378 e. The fraction of sp³-hybridized carbons (Fsp3) is 0.292. The summed E-state index contributed by atoms with van der Waals surface area (Å²) < 4.78 is 59.7. The maximum atomic E-state index is 14.7. The van der Waals surface area contributed by atoms with Crippen LogP contribution < -0.4 is 21.4 Å². The van der Waals surface area contributed by atoms with Gasteiger partial charge in [-0.2, -0.15) is 18.3 Å². The van der Waals surface area contributed by atoms with Crippen molar-refractivity contribution < 1.29 is 37.0 Å². The Morgan fingerprint density at radius 1 is 1.22 bits per heavy atom. The highest BCUT2D eigenvalue weighted by Gasteiger charge is 2.44. The first kappa shape index (κ1) is 26.1. The Hall–Kier alpha value is -3.97. The van der Waals surface area contributed by atoms with Crippen LogP contribution in [0.25, 0.3) is 0 Å². The average molecular weight is 521 g/mol. The Bertz CT molecular complexity index is 1240. The molecule has 196 valence electrons. The number of alkyl halides is 3. The highest BCUT2D eigenvalue weighted by Crippen LogP contribution is 2.36. The van der Waals surface area contributed by atoms with Crippen LogP contribution >= 0.6 is 0 Å². The van der Waals surface area contributed by atoms with Crippen molar-refractivity contribution in [1.82, 2.24) is 16.1 Å². The molecule has 0 bridgehead atoms. The normalized spacial score (nSPS) is 21.1. The van der Waals surface area contributed by atoms with Crippen LogP contribution in [-0.4, -0.2) is 48.1 Å². The van der Waals surface area contributed by atoms with Gasteiger partial charge in [-0.05, 0) is 30.3 Å². The molecule has 13 heteroatoms. The van der Waals surface area contributed by atoms with Crippen molar-refractivity contribution in [3.63, 3.8) is 0 Å². The van der Waals surface area contributed by atoms with E-state index >= 15 is 0 Å². The Morgan fingerprint density at radius 3 is 2.68 bits per heavy atom. The van der Waals surface area contributed by atoms with E-state index in [0.29, 0.717) is 0 Å². The summed E-state index contributed by atoms with van der Waals surface area (Å²) in [7, 11) is 0. The highest BCUT2D eigenvalue weighted by atomic mass is 19.4. The van der Waals surface area contributed by atoms with Crippen molar-refractivity contribution in [3.05, 3.63) is 71.1 Å². The number of aliphatic hydroxyl groups is 1. The van der Waals surface area contributed by atoms with Gasteiger partial charge in [0.15, 0.2) is 6.23 Å². The third-order valence-electron chi connectivity index (χ3n) is 5.82. The number of nitrogens with zero attached hydrogens (tertiary/aromatic N) is 1. The topological polar surface area (TPSA) is 124 Å². The largest absolute Gasteiger partial charge is 0.418 e. The first-order chi connectivity index (χ1) is 17.6. The maximum Gasteiger partial charge on any atom is 0.418 e. The van der Waals surface area contributed by atoms with Crippen LogP contribution in [0.5, 0.6) is 0 Å². The van der Waals surface area contributed by atoms with Crippen LogP contribution in [0.1, 0.15) is 17.5 Å². The van der Waals surface area contributed by atoms with E-state index in [1.54, 1.807) is 0 Å². The molecule has 0 saturated carbocycles. The maximum absolute atomic E-state index is 14.7. The lowest BCUT2D eigenvalue weighted by Gasteiger charge is -2.28.